The van der Waals surface area contributed by atoms with Crippen molar-refractivity contribution >= 4 is 29.1 Å². The van der Waals surface area contributed by atoms with E-state index in [9.17, 15) is 4.79 Å². The Hall–Kier alpha value is -3.13. The number of carbonyl (C=O) groups excluding carboxylic acids is 1. The number of benzene rings is 1. The number of nitrogens with one attached hydrogen (secondary N) is 1. The van der Waals surface area contributed by atoms with Gasteiger partial charge < -0.3 is 15.1 Å². The molecule has 4 rings (SSSR count). The minimum absolute atomic E-state index is 0.120. The molecule has 3 aromatic rings. The van der Waals surface area contributed by atoms with Gasteiger partial charge in [0.1, 0.15) is 0 Å². The van der Waals surface area contributed by atoms with Gasteiger partial charge in [-0.3, -0.25) is 0 Å². The highest BCUT2D eigenvalue weighted by atomic mass is 35.5. The molecule has 2 aromatic heterocycles. The molecule has 0 saturated carbocycles. The maximum atomic E-state index is 12.6. The second-order valence-corrected chi connectivity index (χ2v) is 7.38. The van der Waals surface area contributed by atoms with Crippen molar-refractivity contribution in [2.24, 2.45) is 0 Å². The van der Waals surface area contributed by atoms with Crippen molar-refractivity contribution in [2.75, 3.05) is 36.4 Å². The number of halogens is 1. The number of hydrogen-bond acceptors (Lipinski definition) is 5. The Balaban J connectivity index is 1.35. The Labute approximate surface area is 174 Å². The summed E-state index contributed by atoms with van der Waals surface area (Å²) in [7, 11) is 0. The highest BCUT2D eigenvalue weighted by Gasteiger charge is 2.22. The third-order valence-electron chi connectivity index (χ3n) is 4.99. The number of hydrogen-bond donors (Lipinski definition) is 1. The van der Waals surface area contributed by atoms with Crippen LogP contribution in [0.3, 0.4) is 0 Å². The Kier molecular flexibility index (Phi) is 5.35. The molecule has 0 radical (unpaired) electrons. The van der Waals surface area contributed by atoms with Crippen LogP contribution in [0.5, 0.6) is 0 Å². The summed E-state index contributed by atoms with van der Waals surface area (Å²) in [5.74, 6) is 1.47. The van der Waals surface area contributed by atoms with E-state index >= 15 is 0 Å². The minimum atomic E-state index is -0.120. The second-order valence-electron chi connectivity index (χ2n) is 6.97. The van der Waals surface area contributed by atoms with Gasteiger partial charge in [0.2, 0.25) is 0 Å². The zero-order valence-electron chi connectivity index (χ0n) is 16.3. The molecule has 1 fully saturated rings. The van der Waals surface area contributed by atoms with E-state index in [0.717, 1.165) is 22.8 Å². The number of aromatic nitrogens is 4. The average Bonchev–Trinajstić information content (AvgIpc) is 3.18. The first kappa shape index (κ1) is 19.2. The molecule has 1 aliphatic heterocycles. The quantitative estimate of drug-likeness (QED) is 0.715. The lowest BCUT2D eigenvalue weighted by Gasteiger charge is -2.35. The molecule has 29 heavy (non-hydrogen) atoms. The molecular weight excluding hydrogens is 390 g/mol. The molecule has 8 nitrogen and oxygen atoms in total. The van der Waals surface area contributed by atoms with Crippen LogP contribution < -0.4 is 10.2 Å². The number of anilines is 2. The summed E-state index contributed by atoms with van der Waals surface area (Å²) in [6.45, 7) is 6.42. The van der Waals surface area contributed by atoms with Crippen LogP contribution in [0.15, 0.2) is 42.6 Å². The fourth-order valence-electron chi connectivity index (χ4n) is 3.23. The van der Waals surface area contributed by atoms with Crippen LogP contribution >= 0.6 is 11.6 Å². The number of nitrogens with zero attached hydrogens (tertiary/aromatic N) is 6. The van der Waals surface area contributed by atoms with E-state index in [1.54, 1.807) is 9.58 Å². The molecule has 0 spiro atoms. The van der Waals surface area contributed by atoms with Gasteiger partial charge in [0, 0.05) is 43.1 Å². The van der Waals surface area contributed by atoms with Crippen molar-refractivity contribution in [2.45, 2.75) is 13.8 Å². The van der Waals surface area contributed by atoms with Gasteiger partial charge in [-0.05, 0) is 49.7 Å². The van der Waals surface area contributed by atoms with Gasteiger partial charge in [0.05, 0.1) is 5.69 Å². The molecule has 0 unspecified atom stereocenters. The van der Waals surface area contributed by atoms with Crippen molar-refractivity contribution in [1.29, 1.82) is 0 Å². The van der Waals surface area contributed by atoms with Crippen molar-refractivity contribution in [3.63, 3.8) is 0 Å². The molecule has 1 N–H and O–H groups in total. The van der Waals surface area contributed by atoms with Gasteiger partial charge in [0.25, 0.3) is 0 Å². The van der Waals surface area contributed by atoms with Gasteiger partial charge in [0.15, 0.2) is 11.6 Å². The fraction of sp³-hybridized carbons (Fsp3) is 0.300. The van der Waals surface area contributed by atoms with Crippen molar-refractivity contribution < 1.29 is 4.79 Å². The Bertz CT molecular complexity index is 1010. The van der Waals surface area contributed by atoms with Crippen molar-refractivity contribution in [1.82, 2.24) is 24.9 Å². The van der Waals surface area contributed by atoms with Crippen LogP contribution in [-0.4, -0.2) is 57.1 Å². The number of rotatable bonds is 3. The van der Waals surface area contributed by atoms with E-state index in [4.69, 9.17) is 11.6 Å². The molecule has 0 bridgehead atoms. The van der Waals surface area contributed by atoms with E-state index < -0.39 is 0 Å². The van der Waals surface area contributed by atoms with Gasteiger partial charge in [-0.2, -0.15) is 5.10 Å². The smallest absolute Gasteiger partial charge is 0.321 e. The molecular formula is C20H22ClN7O. The van der Waals surface area contributed by atoms with Gasteiger partial charge in [-0.25, -0.2) is 9.48 Å². The van der Waals surface area contributed by atoms with Gasteiger partial charge >= 0.3 is 6.03 Å². The zero-order valence-corrected chi connectivity index (χ0v) is 17.1. The largest absolute Gasteiger partial charge is 0.352 e. The van der Waals surface area contributed by atoms with Crippen molar-refractivity contribution in [3.8, 4) is 5.82 Å². The zero-order chi connectivity index (χ0) is 20.4. The van der Waals surface area contributed by atoms with Crippen LogP contribution in [0, 0.1) is 13.8 Å². The molecule has 2 amide bonds. The number of urea groups is 1. The lowest BCUT2D eigenvalue weighted by atomic mass is 10.2. The lowest BCUT2D eigenvalue weighted by molar-refractivity contribution is 0.208. The molecule has 0 aliphatic carbocycles. The minimum Gasteiger partial charge on any atom is -0.352 e. The maximum absolute atomic E-state index is 12.6. The summed E-state index contributed by atoms with van der Waals surface area (Å²) in [5.41, 5.74) is 2.53. The van der Waals surface area contributed by atoms with Crippen LogP contribution in [0.25, 0.3) is 5.82 Å². The van der Waals surface area contributed by atoms with E-state index in [0.29, 0.717) is 37.0 Å². The topological polar surface area (TPSA) is 79.2 Å². The number of piperazine rings is 1. The van der Waals surface area contributed by atoms with Gasteiger partial charge in [-0.1, -0.05) is 17.7 Å². The first-order valence-electron chi connectivity index (χ1n) is 9.43. The lowest BCUT2D eigenvalue weighted by Crippen LogP contribution is -2.50. The second kappa shape index (κ2) is 8.08. The molecule has 9 heteroatoms. The predicted molar refractivity (Wildman–Crippen MR) is 113 cm³/mol. The molecule has 0 atom stereocenters. The normalized spacial score (nSPS) is 14.2. The van der Waals surface area contributed by atoms with Crippen LogP contribution in [-0.2, 0) is 0 Å². The number of aryl methyl sites for hydroxylation is 1. The van der Waals surface area contributed by atoms with E-state index in [1.807, 2.05) is 56.4 Å². The Morgan fingerprint density at radius 2 is 1.72 bits per heavy atom. The molecule has 1 aromatic carbocycles. The van der Waals surface area contributed by atoms with E-state index in [-0.39, 0.29) is 6.03 Å². The molecule has 1 saturated heterocycles. The molecule has 150 valence electrons. The molecule has 1 aliphatic rings. The summed E-state index contributed by atoms with van der Waals surface area (Å²) >= 11 is 6.13. The summed E-state index contributed by atoms with van der Waals surface area (Å²) in [6.07, 6.45) is 1.86. The Morgan fingerprint density at radius 1 is 1.00 bits per heavy atom. The summed E-state index contributed by atoms with van der Waals surface area (Å²) in [6, 6.07) is 11.1. The molecule has 3 heterocycles. The highest BCUT2D eigenvalue weighted by Crippen LogP contribution is 2.23. The first-order valence-corrected chi connectivity index (χ1v) is 9.81. The van der Waals surface area contributed by atoms with Crippen molar-refractivity contribution in [3.05, 3.63) is 58.9 Å². The SMILES string of the molecule is Cc1ccn(-c2ccc(N3CCN(C(=O)Nc4cccc(Cl)c4C)CC3)nn2)n1. The van der Waals surface area contributed by atoms with E-state index in [2.05, 4.69) is 25.5 Å². The number of carbonyl (C=O) groups is 1. The van der Waals surface area contributed by atoms with Crippen LogP contribution in [0.2, 0.25) is 5.02 Å². The van der Waals surface area contributed by atoms with Gasteiger partial charge in [-0.15, -0.1) is 10.2 Å². The van der Waals surface area contributed by atoms with E-state index in [1.165, 1.54) is 0 Å². The fourth-order valence-corrected chi connectivity index (χ4v) is 3.40. The maximum Gasteiger partial charge on any atom is 0.321 e. The highest BCUT2D eigenvalue weighted by molar-refractivity contribution is 6.31. The summed E-state index contributed by atoms with van der Waals surface area (Å²) in [5, 5.41) is 16.5. The summed E-state index contributed by atoms with van der Waals surface area (Å²) in [4.78, 5) is 16.5. The standard InChI is InChI=1S/C20H22ClN7O/c1-14-8-9-28(25-14)19-7-6-18(23-24-19)26-10-12-27(13-11-26)20(29)22-17-5-3-4-16(21)15(17)2/h3-9H,10-13H2,1-2H3,(H,22,29). The summed E-state index contributed by atoms with van der Waals surface area (Å²) < 4.78 is 1.70. The predicted octanol–water partition coefficient (Wildman–Crippen LogP) is 3.29. The van der Waals surface area contributed by atoms with Crippen LogP contribution in [0.1, 0.15) is 11.3 Å². The third kappa shape index (κ3) is 4.17. The third-order valence-corrected chi connectivity index (χ3v) is 5.40. The monoisotopic (exact) mass is 411 g/mol. The number of amides is 2. The Morgan fingerprint density at radius 3 is 2.38 bits per heavy atom. The average molecular weight is 412 g/mol. The van der Waals surface area contributed by atoms with Crippen LogP contribution in [0.4, 0.5) is 16.3 Å². The first-order chi connectivity index (χ1) is 14.0.